The molecule has 5 nitrogen and oxygen atoms in total. The van der Waals surface area contributed by atoms with Gasteiger partial charge in [0.05, 0.1) is 0 Å². The summed E-state index contributed by atoms with van der Waals surface area (Å²) < 4.78 is 28.0. The minimum atomic E-state index is -1.09. The number of nitrogens with one attached hydrogen (secondary N) is 1. The van der Waals surface area contributed by atoms with Crippen LogP contribution in [0.3, 0.4) is 0 Å². The molecule has 176 valence electrons. The molecule has 0 aromatic heterocycles. The third kappa shape index (κ3) is 4.93. The molecule has 3 amide bonds. The number of rotatable bonds is 7. The van der Waals surface area contributed by atoms with Gasteiger partial charge in [-0.15, -0.1) is 0 Å². The van der Waals surface area contributed by atoms with Crippen molar-refractivity contribution in [1.82, 2.24) is 15.1 Å². The lowest BCUT2D eigenvalue weighted by Crippen LogP contribution is -2.57. The summed E-state index contributed by atoms with van der Waals surface area (Å²) in [5.41, 5.74) is 0.242. The van der Waals surface area contributed by atoms with Gasteiger partial charge >= 0.3 is 6.03 Å². The van der Waals surface area contributed by atoms with Crippen LogP contribution < -0.4 is 5.32 Å². The molecular weight excluding hydrogens is 424 g/mol. The van der Waals surface area contributed by atoms with Crippen molar-refractivity contribution in [3.8, 4) is 0 Å². The minimum absolute atomic E-state index is 0.0914. The fourth-order valence-corrected chi connectivity index (χ4v) is 5.14. The molecule has 0 bridgehead atoms. The van der Waals surface area contributed by atoms with Gasteiger partial charge in [0.2, 0.25) is 0 Å². The summed E-state index contributed by atoms with van der Waals surface area (Å²) in [7, 11) is 0. The fourth-order valence-electron chi connectivity index (χ4n) is 5.14. The van der Waals surface area contributed by atoms with E-state index in [1.54, 1.807) is 24.3 Å². The molecule has 33 heavy (non-hydrogen) atoms. The summed E-state index contributed by atoms with van der Waals surface area (Å²) in [6, 6.07) is 12.6. The van der Waals surface area contributed by atoms with Gasteiger partial charge in [-0.1, -0.05) is 44.2 Å². The second-order valence-electron chi connectivity index (χ2n) is 9.66. The van der Waals surface area contributed by atoms with E-state index in [4.69, 9.17) is 0 Å². The van der Waals surface area contributed by atoms with E-state index in [9.17, 15) is 18.4 Å². The lowest BCUT2D eigenvalue weighted by atomic mass is 9.73. The number of benzene rings is 2. The van der Waals surface area contributed by atoms with Crippen molar-refractivity contribution >= 4 is 11.9 Å². The van der Waals surface area contributed by atoms with E-state index < -0.39 is 5.54 Å². The zero-order chi connectivity index (χ0) is 23.6. The second kappa shape index (κ2) is 9.59. The first-order valence-corrected chi connectivity index (χ1v) is 11.6. The first kappa shape index (κ1) is 23.4. The van der Waals surface area contributed by atoms with Crippen molar-refractivity contribution in [2.24, 2.45) is 11.8 Å². The Hall–Kier alpha value is -2.80. The highest BCUT2D eigenvalue weighted by atomic mass is 19.1. The van der Waals surface area contributed by atoms with Crippen molar-refractivity contribution < 1.29 is 18.4 Å². The summed E-state index contributed by atoms with van der Waals surface area (Å²) in [6.45, 7) is 6.18. The Kier molecular flexibility index (Phi) is 6.79. The number of nitrogens with zero attached hydrogens (tertiary/aromatic N) is 2. The number of halogens is 2. The maximum atomic E-state index is 14.1. The van der Waals surface area contributed by atoms with Crippen molar-refractivity contribution in [2.45, 2.75) is 45.2 Å². The fraction of sp³-hybridized carbons (Fsp3) is 0.462. The van der Waals surface area contributed by atoms with Gasteiger partial charge in [0.1, 0.15) is 17.2 Å². The van der Waals surface area contributed by atoms with Crippen LogP contribution in [0, 0.1) is 23.5 Å². The number of imide groups is 1. The molecule has 0 spiro atoms. The number of amides is 3. The van der Waals surface area contributed by atoms with Crippen LogP contribution in [0.15, 0.2) is 48.5 Å². The quantitative estimate of drug-likeness (QED) is 0.631. The number of likely N-dealkylation sites (tertiary alicyclic amines) is 1. The molecule has 0 saturated carbocycles. The van der Waals surface area contributed by atoms with Crippen LogP contribution in [0.2, 0.25) is 0 Å². The SMILES string of the molecule is CC(C)CN1C(=O)N[C@@](Cc2cccc(F)c2)(C2CCN(Cc3ccccc3F)CC2)C1=O. The van der Waals surface area contributed by atoms with Gasteiger partial charge in [0.15, 0.2) is 0 Å². The Morgan fingerprint density at radius 2 is 1.79 bits per heavy atom. The molecule has 1 N–H and O–H groups in total. The summed E-state index contributed by atoms with van der Waals surface area (Å²) in [4.78, 5) is 30.0. The van der Waals surface area contributed by atoms with E-state index >= 15 is 0 Å². The summed E-state index contributed by atoms with van der Waals surface area (Å²) in [5.74, 6) is -0.750. The molecule has 2 aromatic carbocycles. The average molecular weight is 456 g/mol. The van der Waals surface area contributed by atoms with E-state index in [-0.39, 0.29) is 41.8 Å². The second-order valence-corrected chi connectivity index (χ2v) is 9.66. The van der Waals surface area contributed by atoms with Crippen LogP contribution in [0.1, 0.15) is 37.8 Å². The predicted molar refractivity (Wildman–Crippen MR) is 122 cm³/mol. The van der Waals surface area contributed by atoms with Gasteiger partial charge in [0, 0.05) is 25.1 Å². The number of hydrogen-bond donors (Lipinski definition) is 1. The van der Waals surface area contributed by atoms with Gasteiger partial charge in [-0.25, -0.2) is 13.6 Å². The molecule has 2 aliphatic rings. The van der Waals surface area contributed by atoms with E-state index in [0.717, 1.165) is 0 Å². The smallest absolute Gasteiger partial charge is 0.322 e. The number of urea groups is 1. The number of piperidine rings is 1. The van der Waals surface area contributed by atoms with Crippen molar-refractivity contribution in [3.63, 3.8) is 0 Å². The Morgan fingerprint density at radius 3 is 2.45 bits per heavy atom. The van der Waals surface area contributed by atoms with Crippen LogP contribution in [-0.4, -0.2) is 46.9 Å². The molecule has 2 heterocycles. The minimum Gasteiger partial charge on any atom is -0.322 e. The van der Waals surface area contributed by atoms with E-state index in [2.05, 4.69) is 10.2 Å². The van der Waals surface area contributed by atoms with Crippen LogP contribution in [-0.2, 0) is 17.8 Å². The van der Waals surface area contributed by atoms with Gasteiger partial charge in [-0.3, -0.25) is 14.6 Å². The number of hydrogen-bond acceptors (Lipinski definition) is 3. The van der Waals surface area contributed by atoms with Gasteiger partial charge in [-0.2, -0.15) is 0 Å². The molecule has 0 unspecified atom stereocenters. The zero-order valence-corrected chi connectivity index (χ0v) is 19.2. The van der Waals surface area contributed by atoms with Gasteiger partial charge in [0.25, 0.3) is 5.91 Å². The molecule has 2 aromatic rings. The largest absolute Gasteiger partial charge is 0.325 e. The Bertz CT molecular complexity index is 1020. The maximum Gasteiger partial charge on any atom is 0.325 e. The van der Waals surface area contributed by atoms with Crippen molar-refractivity contribution in [2.75, 3.05) is 19.6 Å². The lowest BCUT2D eigenvalue weighted by Gasteiger charge is -2.41. The monoisotopic (exact) mass is 455 g/mol. The number of carbonyl (C=O) groups is 2. The lowest BCUT2D eigenvalue weighted by molar-refractivity contribution is -0.134. The molecule has 7 heteroatoms. The summed E-state index contributed by atoms with van der Waals surface area (Å²) in [6.07, 6.45) is 1.62. The Morgan fingerprint density at radius 1 is 1.06 bits per heavy atom. The van der Waals surface area contributed by atoms with Crippen LogP contribution in [0.4, 0.5) is 13.6 Å². The average Bonchev–Trinajstić information content (AvgIpc) is 3.00. The third-order valence-electron chi connectivity index (χ3n) is 6.76. The summed E-state index contributed by atoms with van der Waals surface area (Å²) in [5, 5.41) is 3.02. The molecule has 0 radical (unpaired) electrons. The number of carbonyl (C=O) groups excluding carboxylic acids is 2. The standard InChI is InChI=1S/C26H31F2N3O2/c1-18(2)16-31-24(32)26(29-25(31)33,15-19-6-5-8-22(27)14-19)21-10-12-30(13-11-21)17-20-7-3-4-9-23(20)28/h3-9,14,18,21H,10-13,15-17H2,1-2H3,(H,29,33)/t26-/m0/s1. The van der Waals surface area contributed by atoms with E-state index in [0.29, 0.717) is 50.1 Å². The van der Waals surface area contributed by atoms with Crippen molar-refractivity contribution in [3.05, 3.63) is 71.3 Å². The first-order valence-electron chi connectivity index (χ1n) is 11.6. The molecular formula is C26H31F2N3O2. The topological polar surface area (TPSA) is 52.7 Å². The maximum absolute atomic E-state index is 14.1. The van der Waals surface area contributed by atoms with Gasteiger partial charge < -0.3 is 5.32 Å². The summed E-state index contributed by atoms with van der Waals surface area (Å²) >= 11 is 0. The van der Waals surface area contributed by atoms with Gasteiger partial charge in [-0.05, 0) is 61.5 Å². The van der Waals surface area contributed by atoms with Crippen LogP contribution >= 0.6 is 0 Å². The predicted octanol–water partition coefficient (Wildman–Crippen LogP) is 4.37. The van der Waals surface area contributed by atoms with Crippen LogP contribution in [0.5, 0.6) is 0 Å². The van der Waals surface area contributed by atoms with Crippen molar-refractivity contribution in [1.29, 1.82) is 0 Å². The van der Waals surface area contributed by atoms with Crippen LogP contribution in [0.25, 0.3) is 0 Å². The highest BCUT2D eigenvalue weighted by Gasteiger charge is 2.55. The molecule has 0 aliphatic carbocycles. The molecule has 1 atom stereocenters. The molecule has 4 rings (SSSR count). The molecule has 2 fully saturated rings. The Labute approximate surface area is 193 Å². The molecule has 2 saturated heterocycles. The zero-order valence-electron chi connectivity index (χ0n) is 19.2. The molecule has 2 aliphatic heterocycles. The Balaban J connectivity index is 1.55. The normalized spacial score (nSPS) is 22.3. The van der Waals surface area contributed by atoms with E-state index in [1.165, 1.54) is 23.1 Å². The highest BCUT2D eigenvalue weighted by molar-refractivity contribution is 6.07. The third-order valence-corrected chi connectivity index (χ3v) is 6.76. The highest BCUT2D eigenvalue weighted by Crippen LogP contribution is 2.37. The first-order chi connectivity index (χ1) is 15.8. The van der Waals surface area contributed by atoms with E-state index in [1.807, 2.05) is 19.9 Å².